The molecule has 0 aliphatic carbocycles. The zero-order chi connectivity index (χ0) is 23.8. The Morgan fingerprint density at radius 3 is 2.64 bits per heavy atom. The summed E-state index contributed by atoms with van der Waals surface area (Å²) in [5.41, 5.74) is 3.00. The van der Waals surface area contributed by atoms with Crippen LogP contribution in [0.4, 0.5) is 5.69 Å². The molecule has 0 aromatic heterocycles. The molecule has 0 spiro atoms. The number of aryl methyl sites for hydroxylation is 1. The average molecular weight is 526 g/mol. The van der Waals surface area contributed by atoms with Gasteiger partial charge < -0.3 is 14.8 Å². The molecule has 0 aliphatic rings. The highest BCUT2D eigenvalue weighted by Gasteiger charge is 2.13. The van der Waals surface area contributed by atoms with Crippen LogP contribution in [0.3, 0.4) is 0 Å². The Labute approximate surface area is 206 Å². The van der Waals surface area contributed by atoms with Crippen molar-refractivity contribution in [3.05, 3.63) is 92.4 Å². The SMILES string of the molecule is CCOc1cc(/C=C(\C#N)C(=O)Nc2cc(Cl)ccc2C)ccc1OCc1ccccc1Br. The van der Waals surface area contributed by atoms with Gasteiger partial charge in [-0.25, -0.2) is 0 Å². The van der Waals surface area contributed by atoms with Crippen LogP contribution in [0.25, 0.3) is 6.08 Å². The Balaban J connectivity index is 1.81. The Hall–Kier alpha value is -3.27. The third-order valence-corrected chi connectivity index (χ3v) is 5.74. The van der Waals surface area contributed by atoms with E-state index in [0.717, 1.165) is 15.6 Å². The minimum Gasteiger partial charge on any atom is -0.490 e. The van der Waals surface area contributed by atoms with E-state index >= 15 is 0 Å². The number of benzene rings is 3. The maximum atomic E-state index is 12.7. The van der Waals surface area contributed by atoms with Gasteiger partial charge >= 0.3 is 0 Å². The molecular formula is C26H22BrClN2O3. The lowest BCUT2D eigenvalue weighted by Crippen LogP contribution is -2.14. The zero-order valence-corrected chi connectivity index (χ0v) is 20.5. The Morgan fingerprint density at radius 1 is 1.12 bits per heavy atom. The Kier molecular flexibility index (Phi) is 8.53. The first kappa shape index (κ1) is 24.4. The normalized spacial score (nSPS) is 10.9. The third kappa shape index (κ3) is 6.61. The molecule has 3 aromatic carbocycles. The molecule has 0 aliphatic heterocycles. The summed E-state index contributed by atoms with van der Waals surface area (Å²) in [4.78, 5) is 12.7. The second-order valence-electron chi connectivity index (χ2n) is 7.10. The van der Waals surface area contributed by atoms with Gasteiger partial charge in [0, 0.05) is 20.7 Å². The maximum absolute atomic E-state index is 12.7. The molecule has 168 valence electrons. The van der Waals surface area contributed by atoms with Crippen molar-refractivity contribution in [3.8, 4) is 17.6 Å². The van der Waals surface area contributed by atoms with Crippen molar-refractivity contribution >= 4 is 45.2 Å². The molecule has 0 saturated heterocycles. The van der Waals surface area contributed by atoms with Gasteiger partial charge in [-0.3, -0.25) is 4.79 Å². The molecule has 33 heavy (non-hydrogen) atoms. The predicted molar refractivity (Wildman–Crippen MR) is 134 cm³/mol. The fraction of sp³-hybridized carbons (Fsp3) is 0.154. The highest BCUT2D eigenvalue weighted by atomic mass is 79.9. The highest BCUT2D eigenvalue weighted by molar-refractivity contribution is 9.10. The van der Waals surface area contributed by atoms with E-state index in [1.54, 1.807) is 36.4 Å². The van der Waals surface area contributed by atoms with Gasteiger partial charge in [0.25, 0.3) is 5.91 Å². The highest BCUT2D eigenvalue weighted by Crippen LogP contribution is 2.31. The molecule has 0 heterocycles. The number of halogens is 2. The van der Waals surface area contributed by atoms with Crippen molar-refractivity contribution in [3.63, 3.8) is 0 Å². The molecule has 1 N–H and O–H groups in total. The van der Waals surface area contributed by atoms with E-state index in [-0.39, 0.29) is 5.57 Å². The average Bonchev–Trinajstić information content (AvgIpc) is 2.80. The Morgan fingerprint density at radius 2 is 1.91 bits per heavy atom. The number of rotatable bonds is 8. The fourth-order valence-electron chi connectivity index (χ4n) is 3.01. The molecule has 1 amide bonds. The van der Waals surface area contributed by atoms with Crippen LogP contribution >= 0.6 is 27.5 Å². The summed E-state index contributed by atoms with van der Waals surface area (Å²) in [5.74, 6) is 0.582. The van der Waals surface area contributed by atoms with E-state index in [9.17, 15) is 10.1 Å². The lowest BCUT2D eigenvalue weighted by molar-refractivity contribution is -0.112. The number of nitriles is 1. The first-order valence-corrected chi connectivity index (χ1v) is 11.4. The smallest absolute Gasteiger partial charge is 0.266 e. The van der Waals surface area contributed by atoms with Crippen LogP contribution in [0.2, 0.25) is 5.02 Å². The van der Waals surface area contributed by atoms with Crippen LogP contribution in [0.15, 0.2) is 70.7 Å². The molecule has 3 rings (SSSR count). The third-order valence-electron chi connectivity index (χ3n) is 4.73. The monoisotopic (exact) mass is 524 g/mol. The number of amides is 1. The summed E-state index contributed by atoms with van der Waals surface area (Å²) in [6.07, 6.45) is 1.51. The number of ether oxygens (including phenoxy) is 2. The molecular weight excluding hydrogens is 504 g/mol. The van der Waals surface area contributed by atoms with Gasteiger partial charge in [-0.2, -0.15) is 5.26 Å². The number of carbonyl (C=O) groups excluding carboxylic acids is 1. The largest absolute Gasteiger partial charge is 0.490 e. The molecule has 0 unspecified atom stereocenters. The molecule has 0 saturated carbocycles. The Bertz CT molecular complexity index is 1230. The van der Waals surface area contributed by atoms with Gasteiger partial charge in [-0.1, -0.05) is 57.9 Å². The van der Waals surface area contributed by atoms with Crippen molar-refractivity contribution in [2.24, 2.45) is 0 Å². The number of nitrogens with zero attached hydrogens (tertiary/aromatic N) is 1. The maximum Gasteiger partial charge on any atom is 0.266 e. The van der Waals surface area contributed by atoms with E-state index in [0.29, 0.717) is 41.0 Å². The number of anilines is 1. The molecule has 5 nitrogen and oxygen atoms in total. The van der Waals surface area contributed by atoms with Crippen molar-refractivity contribution in [1.82, 2.24) is 0 Å². The topological polar surface area (TPSA) is 71.3 Å². The number of carbonyl (C=O) groups is 1. The zero-order valence-electron chi connectivity index (χ0n) is 18.2. The van der Waals surface area contributed by atoms with E-state index in [2.05, 4.69) is 21.2 Å². The molecule has 3 aromatic rings. The first-order chi connectivity index (χ1) is 15.9. The summed E-state index contributed by atoms with van der Waals surface area (Å²) >= 11 is 9.54. The second kappa shape index (κ2) is 11.6. The van der Waals surface area contributed by atoms with Gasteiger partial charge in [0.15, 0.2) is 11.5 Å². The van der Waals surface area contributed by atoms with E-state index < -0.39 is 5.91 Å². The summed E-state index contributed by atoms with van der Waals surface area (Å²) < 4.78 is 12.7. The van der Waals surface area contributed by atoms with Gasteiger partial charge in [0.05, 0.1) is 6.61 Å². The van der Waals surface area contributed by atoms with Gasteiger partial charge in [0.1, 0.15) is 18.2 Å². The molecule has 0 fully saturated rings. The van der Waals surface area contributed by atoms with E-state index in [1.165, 1.54) is 6.08 Å². The van der Waals surface area contributed by atoms with E-state index in [1.807, 2.05) is 44.2 Å². The van der Waals surface area contributed by atoms with Crippen LogP contribution < -0.4 is 14.8 Å². The van der Waals surface area contributed by atoms with E-state index in [4.69, 9.17) is 21.1 Å². The predicted octanol–water partition coefficient (Wildman–Crippen LogP) is 6.93. The van der Waals surface area contributed by atoms with Crippen LogP contribution in [0.1, 0.15) is 23.6 Å². The minimum absolute atomic E-state index is 0.0429. The quantitative estimate of drug-likeness (QED) is 0.256. The minimum atomic E-state index is -0.518. The number of nitrogens with one attached hydrogen (secondary N) is 1. The summed E-state index contributed by atoms with van der Waals surface area (Å²) in [6, 6.07) is 20.2. The lowest BCUT2D eigenvalue weighted by Gasteiger charge is -2.13. The molecule has 7 heteroatoms. The van der Waals surface area contributed by atoms with Crippen LogP contribution in [-0.4, -0.2) is 12.5 Å². The standard InChI is InChI=1S/C26H22BrClN2O3/c1-3-32-25-13-18(9-11-24(25)33-16-19-6-4-5-7-22(19)27)12-20(15-29)26(31)30-23-14-21(28)10-8-17(23)2/h4-14H,3,16H2,1-2H3,(H,30,31)/b20-12+. The van der Waals surface area contributed by atoms with Crippen LogP contribution in [0, 0.1) is 18.3 Å². The van der Waals surface area contributed by atoms with Crippen molar-refractivity contribution in [2.75, 3.05) is 11.9 Å². The van der Waals surface area contributed by atoms with Crippen molar-refractivity contribution in [1.29, 1.82) is 5.26 Å². The second-order valence-corrected chi connectivity index (χ2v) is 8.39. The number of hydrogen-bond acceptors (Lipinski definition) is 4. The van der Waals surface area contributed by atoms with Gasteiger partial charge in [-0.05, 0) is 61.4 Å². The van der Waals surface area contributed by atoms with Gasteiger partial charge in [-0.15, -0.1) is 0 Å². The molecule has 0 bridgehead atoms. The summed E-state index contributed by atoms with van der Waals surface area (Å²) in [6.45, 7) is 4.53. The van der Waals surface area contributed by atoms with Crippen molar-refractivity contribution < 1.29 is 14.3 Å². The fourth-order valence-corrected chi connectivity index (χ4v) is 3.58. The molecule has 0 radical (unpaired) electrons. The van der Waals surface area contributed by atoms with Gasteiger partial charge in [0.2, 0.25) is 0 Å². The van der Waals surface area contributed by atoms with Crippen LogP contribution in [-0.2, 0) is 11.4 Å². The summed E-state index contributed by atoms with van der Waals surface area (Å²) in [7, 11) is 0. The van der Waals surface area contributed by atoms with Crippen LogP contribution in [0.5, 0.6) is 11.5 Å². The summed E-state index contributed by atoms with van der Waals surface area (Å²) in [5, 5.41) is 12.8. The lowest BCUT2D eigenvalue weighted by atomic mass is 10.1. The molecule has 0 atom stereocenters. The first-order valence-electron chi connectivity index (χ1n) is 10.2. The van der Waals surface area contributed by atoms with Crippen molar-refractivity contribution in [2.45, 2.75) is 20.5 Å². The number of hydrogen-bond donors (Lipinski definition) is 1.